The Bertz CT molecular complexity index is 415. The smallest absolute Gasteiger partial charge is 0.189 e. The zero-order valence-electron chi connectivity index (χ0n) is 10.4. The number of halogens is 1. The summed E-state index contributed by atoms with van der Waals surface area (Å²) < 4.78 is 6.56. The first-order valence-electron chi connectivity index (χ1n) is 5.64. The summed E-state index contributed by atoms with van der Waals surface area (Å²) in [5.74, 6) is 1.25. The van der Waals surface area contributed by atoms with Gasteiger partial charge in [-0.2, -0.15) is 0 Å². The van der Waals surface area contributed by atoms with Crippen LogP contribution in [-0.4, -0.2) is 25.7 Å². The Labute approximate surface area is 116 Å². The van der Waals surface area contributed by atoms with Gasteiger partial charge < -0.3 is 15.8 Å². The molecule has 0 saturated heterocycles. The minimum Gasteiger partial charge on any atom is -0.492 e. The van der Waals surface area contributed by atoms with E-state index in [1.165, 1.54) is 0 Å². The highest BCUT2D eigenvalue weighted by molar-refractivity contribution is 9.10. The molecular formula is C13H18BrN3O. The maximum Gasteiger partial charge on any atom is 0.189 e. The van der Waals surface area contributed by atoms with Crippen LogP contribution in [-0.2, 0) is 0 Å². The van der Waals surface area contributed by atoms with Gasteiger partial charge in [0, 0.05) is 4.47 Å². The molecule has 0 aliphatic carbocycles. The molecule has 0 bridgehead atoms. The van der Waals surface area contributed by atoms with Crippen molar-refractivity contribution >= 4 is 21.9 Å². The normalized spacial score (nSPS) is 11.1. The van der Waals surface area contributed by atoms with E-state index in [2.05, 4.69) is 32.8 Å². The molecular weight excluding hydrogens is 294 g/mol. The van der Waals surface area contributed by atoms with Crippen molar-refractivity contribution < 1.29 is 4.74 Å². The van der Waals surface area contributed by atoms with Gasteiger partial charge in [-0.1, -0.05) is 28.1 Å². The quantitative estimate of drug-likeness (QED) is 0.367. The summed E-state index contributed by atoms with van der Waals surface area (Å²) >= 11 is 3.37. The van der Waals surface area contributed by atoms with Crippen LogP contribution >= 0.6 is 15.9 Å². The molecule has 1 aromatic carbocycles. The average molecular weight is 312 g/mol. The minimum absolute atomic E-state index is 0.414. The predicted molar refractivity (Wildman–Crippen MR) is 78.9 cm³/mol. The first-order chi connectivity index (χ1) is 8.58. The molecule has 0 aliphatic heterocycles. The first-order valence-corrected chi connectivity index (χ1v) is 6.44. The molecule has 98 valence electrons. The molecule has 0 heterocycles. The van der Waals surface area contributed by atoms with Gasteiger partial charge in [0.05, 0.1) is 13.1 Å². The lowest BCUT2D eigenvalue weighted by Crippen LogP contribution is -2.34. The molecule has 0 saturated carbocycles. The summed E-state index contributed by atoms with van der Waals surface area (Å²) in [5, 5.41) is 2.97. The van der Waals surface area contributed by atoms with Crippen LogP contribution in [0.15, 0.2) is 45.9 Å². The van der Waals surface area contributed by atoms with Crippen molar-refractivity contribution in [2.24, 2.45) is 10.7 Å². The Morgan fingerprint density at radius 3 is 2.72 bits per heavy atom. The molecule has 0 spiro atoms. The summed E-state index contributed by atoms with van der Waals surface area (Å²) in [6.45, 7) is 7.35. The van der Waals surface area contributed by atoms with Crippen molar-refractivity contribution in [3.05, 3.63) is 40.9 Å². The summed E-state index contributed by atoms with van der Waals surface area (Å²) in [4.78, 5) is 4.10. The molecule has 0 atom stereocenters. The van der Waals surface area contributed by atoms with Gasteiger partial charge in [-0.3, -0.25) is 0 Å². The lowest BCUT2D eigenvalue weighted by atomic mass is 10.3. The molecule has 0 aromatic heterocycles. The van der Waals surface area contributed by atoms with Crippen molar-refractivity contribution in [1.29, 1.82) is 0 Å². The average Bonchev–Trinajstić information content (AvgIpc) is 2.34. The van der Waals surface area contributed by atoms with E-state index in [0.717, 1.165) is 15.8 Å². The molecule has 0 amide bonds. The number of nitrogens with zero attached hydrogens (tertiary/aromatic N) is 1. The number of nitrogens with one attached hydrogen (secondary N) is 1. The SMILES string of the molecule is C=C(C)CN=C(N)NCCOc1ccc(Br)cc1. The number of aliphatic imine (C=N–C) groups is 1. The third-order valence-corrected chi connectivity index (χ3v) is 2.54. The molecule has 0 fully saturated rings. The monoisotopic (exact) mass is 311 g/mol. The van der Waals surface area contributed by atoms with Crippen LogP contribution in [0.1, 0.15) is 6.92 Å². The molecule has 4 nitrogen and oxygen atoms in total. The molecule has 18 heavy (non-hydrogen) atoms. The predicted octanol–water partition coefficient (Wildman–Crippen LogP) is 2.31. The van der Waals surface area contributed by atoms with Crippen LogP contribution in [0.5, 0.6) is 5.75 Å². The van der Waals surface area contributed by atoms with Crippen molar-refractivity contribution in [3.63, 3.8) is 0 Å². The van der Waals surface area contributed by atoms with E-state index < -0.39 is 0 Å². The number of nitrogens with two attached hydrogens (primary N) is 1. The molecule has 0 aliphatic rings. The molecule has 1 rings (SSSR count). The van der Waals surface area contributed by atoms with Gasteiger partial charge in [-0.05, 0) is 31.2 Å². The fourth-order valence-electron chi connectivity index (χ4n) is 1.15. The number of hydrogen-bond donors (Lipinski definition) is 2. The van der Waals surface area contributed by atoms with Gasteiger partial charge >= 0.3 is 0 Å². The number of benzene rings is 1. The van der Waals surface area contributed by atoms with Gasteiger partial charge in [0.25, 0.3) is 0 Å². The second kappa shape index (κ2) is 7.76. The second-order valence-electron chi connectivity index (χ2n) is 3.89. The number of ether oxygens (including phenoxy) is 1. The largest absolute Gasteiger partial charge is 0.492 e. The Morgan fingerprint density at radius 1 is 1.44 bits per heavy atom. The van der Waals surface area contributed by atoms with E-state index in [-0.39, 0.29) is 0 Å². The van der Waals surface area contributed by atoms with Crippen molar-refractivity contribution in [1.82, 2.24) is 5.32 Å². The minimum atomic E-state index is 0.414. The van der Waals surface area contributed by atoms with E-state index in [1.54, 1.807) is 0 Å². The van der Waals surface area contributed by atoms with Gasteiger partial charge in [0.15, 0.2) is 5.96 Å². The standard InChI is InChI=1S/C13H18BrN3O/c1-10(2)9-17-13(15)16-7-8-18-12-5-3-11(14)4-6-12/h3-6H,1,7-9H2,2H3,(H3,15,16,17). The fraction of sp³-hybridized carbons (Fsp3) is 0.308. The van der Waals surface area contributed by atoms with Gasteiger partial charge in [-0.25, -0.2) is 4.99 Å². The Hall–Kier alpha value is -1.49. The highest BCUT2D eigenvalue weighted by Crippen LogP contribution is 2.15. The zero-order chi connectivity index (χ0) is 13.4. The Balaban J connectivity index is 2.20. The number of guanidine groups is 1. The van der Waals surface area contributed by atoms with E-state index >= 15 is 0 Å². The van der Waals surface area contributed by atoms with E-state index in [9.17, 15) is 0 Å². The molecule has 1 aromatic rings. The summed E-state index contributed by atoms with van der Waals surface area (Å²) in [6.07, 6.45) is 0. The van der Waals surface area contributed by atoms with E-state index in [4.69, 9.17) is 10.5 Å². The van der Waals surface area contributed by atoms with Crippen LogP contribution in [0.3, 0.4) is 0 Å². The number of hydrogen-bond acceptors (Lipinski definition) is 2. The zero-order valence-corrected chi connectivity index (χ0v) is 12.0. The third-order valence-electron chi connectivity index (χ3n) is 2.01. The van der Waals surface area contributed by atoms with Crippen LogP contribution in [0.2, 0.25) is 0 Å². The highest BCUT2D eigenvalue weighted by Gasteiger charge is 1.94. The topological polar surface area (TPSA) is 59.6 Å². The second-order valence-corrected chi connectivity index (χ2v) is 4.80. The molecule has 3 N–H and O–H groups in total. The van der Waals surface area contributed by atoms with Crippen molar-refractivity contribution in [3.8, 4) is 5.75 Å². The highest BCUT2D eigenvalue weighted by atomic mass is 79.9. The van der Waals surface area contributed by atoms with Crippen LogP contribution in [0, 0.1) is 0 Å². The van der Waals surface area contributed by atoms with Crippen molar-refractivity contribution in [2.45, 2.75) is 6.92 Å². The molecule has 0 radical (unpaired) electrons. The summed E-state index contributed by atoms with van der Waals surface area (Å²) in [7, 11) is 0. The molecule has 5 heteroatoms. The maximum absolute atomic E-state index is 5.66. The Morgan fingerprint density at radius 2 is 2.11 bits per heavy atom. The first kappa shape index (κ1) is 14.6. The Kier molecular flexibility index (Phi) is 6.28. The lowest BCUT2D eigenvalue weighted by molar-refractivity contribution is 0.322. The van der Waals surface area contributed by atoms with Gasteiger partial charge in [0.2, 0.25) is 0 Å². The van der Waals surface area contributed by atoms with E-state index in [1.807, 2.05) is 31.2 Å². The van der Waals surface area contributed by atoms with E-state index in [0.29, 0.717) is 25.7 Å². The van der Waals surface area contributed by atoms with Crippen LogP contribution in [0.25, 0.3) is 0 Å². The number of rotatable bonds is 6. The summed E-state index contributed by atoms with van der Waals surface area (Å²) in [6, 6.07) is 7.68. The van der Waals surface area contributed by atoms with Crippen molar-refractivity contribution in [2.75, 3.05) is 19.7 Å². The molecule has 0 unspecified atom stereocenters. The third kappa shape index (κ3) is 6.30. The maximum atomic E-state index is 5.66. The van der Waals surface area contributed by atoms with Gasteiger partial charge in [0.1, 0.15) is 12.4 Å². The van der Waals surface area contributed by atoms with Crippen LogP contribution in [0.4, 0.5) is 0 Å². The lowest BCUT2D eigenvalue weighted by Gasteiger charge is -2.08. The summed E-state index contributed by atoms with van der Waals surface area (Å²) in [5.41, 5.74) is 6.63. The fourth-order valence-corrected chi connectivity index (χ4v) is 1.42. The van der Waals surface area contributed by atoms with Crippen LogP contribution < -0.4 is 15.8 Å². The van der Waals surface area contributed by atoms with Gasteiger partial charge in [-0.15, -0.1) is 0 Å².